The number of nitrogens with one attached hydrogen (secondary N) is 2. The van der Waals surface area contributed by atoms with Crippen LogP contribution in [0.25, 0.3) is 11.1 Å². The summed E-state index contributed by atoms with van der Waals surface area (Å²) < 4.78 is 91.3. The number of halogens is 6. The van der Waals surface area contributed by atoms with Crippen LogP contribution in [0.15, 0.2) is 118 Å². The zero-order valence-electron chi connectivity index (χ0n) is 22.2. The molecule has 3 aliphatic rings. The van der Waals surface area contributed by atoms with Crippen LogP contribution >= 0.6 is 0 Å². The third-order valence-corrected chi connectivity index (χ3v) is 7.03. The summed E-state index contributed by atoms with van der Waals surface area (Å²) in [6.45, 7) is 0. The molecular formula is C32H18F6N4O2. The molecule has 0 saturated carbocycles. The minimum Gasteiger partial charge on any atom is -0.423 e. The molecule has 0 unspecified atom stereocenters. The average molecular weight is 605 g/mol. The van der Waals surface area contributed by atoms with Crippen LogP contribution in [0.1, 0.15) is 33.6 Å². The Kier molecular flexibility index (Phi) is 6.23. The molecule has 4 aromatic rings. The largest absolute Gasteiger partial charge is 0.423 e. The van der Waals surface area contributed by atoms with Crippen LogP contribution in [-0.4, -0.2) is 21.8 Å². The highest BCUT2D eigenvalue weighted by molar-refractivity contribution is 5.98. The molecule has 0 saturated heterocycles. The molecule has 2 N–H and O–H groups in total. The molecule has 0 aliphatic carbocycles. The fourth-order valence-electron chi connectivity index (χ4n) is 5.00. The fourth-order valence-corrected chi connectivity index (χ4v) is 5.00. The molecule has 5 heterocycles. The third-order valence-electron chi connectivity index (χ3n) is 7.03. The van der Waals surface area contributed by atoms with Crippen LogP contribution in [0, 0.1) is 0 Å². The Morgan fingerprint density at radius 1 is 0.477 bits per heavy atom. The summed E-state index contributed by atoms with van der Waals surface area (Å²) in [6.07, 6.45) is -2.39. The molecule has 0 atom stereocenters. The molecule has 220 valence electrons. The molecule has 0 fully saturated rings. The van der Waals surface area contributed by atoms with Gasteiger partial charge in [-0.15, -0.1) is 0 Å². The highest BCUT2D eigenvalue weighted by Gasteiger charge is 2.31. The lowest BCUT2D eigenvalue weighted by atomic mass is 9.99. The molecule has 12 heteroatoms. The maximum absolute atomic E-state index is 13.2. The van der Waals surface area contributed by atoms with Crippen LogP contribution in [-0.2, 0) is 12.4 Å². The van der Waals surface area contributed by atoms with Gasteiger partial charge in [-0.25, -0.2) is 9.98 Å². The van der Waals surface area contributed by atoms with Gasteiger partial charge in [-0.1, -0.05) is 24.3 Å². The number of aromatic amines is 2. The van der Waals surface area contributed by atoms with Crippen molar-refractivity contribution in [2.24, 2.45) is 9.98 Å². The number of hydrogen-bond donors (Lipinski definition) is 2. The lowest BCUT2D eigenvalue weighted by Gasteiger charge is -2.12. The van der Waals surface area contributed by atoms with E-state index in [-0.39, 0.29) is 11.8 Å². The first kappa shape index (κ1) is 27.3. The van der Waals surface area contributed by atoms with Gasteiger partial charge in [0.15, 0.2) is 11.8 Å². The van der Waals surface area contributed by atoms with Crippen LogP contribution in [0.5, 0.6) is 11.8 Å². The van der Waals surface area contributed by atoms with Gasteiger partial charge >= 0.3 is 12.4 Å². The first-order chi connectivity index (χ1) is 21.0. The third kappa shape index (κ3) is 5.14. The van der Waals surface area contributed by atoms with E-state index in [1.54, 1.807) is 48.6 Å². The molecule has 3 aliphatic heterocycles. The van der Waals surface area contributed by atoms with Gasteiger partial charge in [0.25, 0.3) is 0 Å². The number of hydrogen-bond acceptors (Lipinski definition) is 4. The van der Waals surface area contributed by atoms with Crippen molar-refractivity contribution >= 4 is 22.9 Å². The number of allylic oxidation sites excluding steroid dienone is 2. The standard InChI is InChI=1S/C32H18F6N4O2/c33-31(34,35)19-5-1-17(2-6-19)29-21-9-13-25(39-21)43-27-15-11-23(41-27)30(18-3-7-20(8-4-18)32(36,37)38)24-12-16-28(42-24)44-26-14-10-22(29)40-26/h1-16,39,42H. The first-order valence-electron chi connectivity index (χ1n) is 13.1. The Hall–Kier alpha value is -5.52. The van der Waals surface area contributed by atoms with Gasteiger partial charge < -0.3 is 19.4 Å². The Balaban J connectivity index is 1.33. The number of nitrogens with zero attached hydrogens (tertiary/aromatic N) is 2. The second-order valence-electron chi connectivity index (χ2n) is 9.91. The molecule has 2 aromatic heterocycles. The van der Waals surface area contributed by atoms with Crippen molar-refractivity contribution in [2.75, 3.05) is 0 Å². The second-order valence-corrected chi connectivity index (χ2v) is 9.91. The number of alkyl halides is 6. The minimum atomic E-state index is -4.49. The zero-order valence-corrected chi connectivity index (χ0v) is 22.2. The lowest BCUT2D eigenvalue weighted by Crippen LogP contribution is -2.05. The fraction of sp³-hybridized carbons (Fsp3) is 0.0625. The highest BCUT2D eigenvalue weighted by Crippen LogP contribution is 2.37. The van der Waals surface area contributed by atoms with Crippen molar-refractivity contribution in [1.82, 2.24) is 9.97 Å². The average Bonchev–Trinajstić information content (AvgIpc) is 3.79. The maximum atomic E-state index is 13.2. The topological polar surface area (TPSA) is 74.8 Å². The Morgan fingerprint density at radius 3 is 1.23 bits per heavy atom. The van der Waals surface area contributed by atoms with Gasteiger partial charge in [0.2, 0.25) is 11.8 Å². The smallest absolute Gasteiger partial charge is 0.416 e. The van der Waals surface area contributed by atoms with E-state index in [9.17, 15) is 26.3 Å². The minimum absolute atomic E-state index is 0.206. The number of benzene rings is 2. The Bertz CT molecular complexity index is 1820. The molecule has 0 spiro atoms. The lowest BCUT2D eigenvalue weighted by molar-refractivity contribution is -0.138. The summed E-state index contributed by atoms with van der Waals surface area (Å²) in [5.74, 6) is 1.00. The van der Waals surface area contributed by atoms with Crippen molar-refractivity contribution in [3.05, 3.63) is 142 Å². The van der Waals surface area contributed by atoms with Gasteiger partial charge in [-0.05, 0) is 59.7 Å². The normalized spacial score (nSPS) is 16.2. The van der Waals surface area contributed by atoms with E-state index in [0.29, 0.717) is 56.8 Å². The SMILES string of the molecule is FC(F)(F)c1ccc(C2=C3C=CC(=N3)Oc3ccc([nH]3)C(c3ccc(C(F)(F)F)cc3)=C3C=CC(=N3)Oc3ccc2[nH]3)cc1. The van der Waals surface area contributed by atoms with E-state index >= 15 is 0 Å². The van der Waals surface area contributed by atoms with E-state index in [4.69, 9.17) is 9.47 Å². The van der Waals surface area contributed by atoms with E-state index in [2.05, 4.69) is 20.0 Å². The molecular weight excluding hydrogens is 586 g/mol. The summed E-state index contributed by atoms with van der Waals surface area (Å²) in [6, 6.07) is 16.2. The quantitative estimate of drug-likeness (QED) is 0.226. The summed E-state index contributed by atoms with van der Waals surface area (Å²) in [4.78, 5) is 15.4. The maximum Gasteiger partial charge on any atom is 0.416 e. The first-order valence-corrected chi connectivity index (χ1v) is 13.1. The van der Waals surface area contributed by atoms with Crippen LogP contribution in [0.4, 0.5) is 26.3 Å². The van der Waals surface area contributed by atoms with E-state index in [0.717, 1.165) is 24.3 Å². The molecule has 44 heavy (non-hydrogen) atoms. The van der Waals surface area contributed by atoms with Crippen LogP contribution < -0.4 is 9.47 Å². The van der Waals surface area contributed by atoms with Crippen molar-refractivity contribution < 1.29 is 35.8 Å². The number of aliphatic imine (C=N–C) groups is 2. The van der Waals surface area contributed by atoms with Gasteiger partial charge in [-0.3, -0.25) is 0 Å². The predicted molar refractivity (Wildman–Crippen MR) is 151 cm³/mol. The van der Waals surface area contributed by atoms with Crippen molar-refractivity contribution in [3.8, 4) is 11.8 Å². The van der Waals surface area contributed by atoms with E-state index < -0.39 is 23.5 Å². The van der Waals surface area contributed by atoms with Crippen molar-refractivity contribution in [1.29, 1.82) is 0 Å². The van der Waals surface area contributed by atoms with Crippen molar-refractivity contribution in [2.45, 2.75) is 12.4 Å². The molecule has 6 nitrogen and oxygen atoms in total. The monoisotopic (exact) mass is 604 g/mol. The van der Waals surface area contributed by atoms with Gasteiger partial charge in [0.1, 0.15) is 0 Å². The van der Waals surface area contributed by atoms with Gasteiger partial charge in [0, 0.05) is 35.4 Å². The summed E-state index contributed by atoms with van der Waals surface area (Å²) in [5, 5.41) is 0. The Labute approximate surface area is 245 Å². The Morgan fingerprint density at radius 2 is 0.864 bits per heavy atom. The number of ether oxygens (including phenoxy) is 2. The second kappa shape index (κ2) is 10.0. The summed E-state index contributed by atoms with van der Waals surface area (Å²) in [7, 11) is 0. The highest BCUT2D eigenvalue weighted by atomic mass is 19.4. The zero-order chi connectivity index (χ0) is 30.6. The predicted octanol–water partition coefficient (Wildman–Crippen LogP) is 8.31. The molecule has 0 amide bonds. The molecule has 8 bridgehead atoms. The van der Waals surface area contributed by atoms with Gasteiger partial charge in [-0.2, -0.15) is 26.3 Å². The van der Waals surface area contributed by atoms with Gasteiger partial charge in [0.05, 0.1) is 33.9 Å². The van der Waals surface area contributed by atoms with Crippen molar-refractivity contribution in [3.63, 3.8) is 0 Å². The number of aromatic nitrogens is 2. The number of fused-ring (bicyclic) bond motifs is 6. The summed E-state index contributed by atoms with van der Waals surface area (Å²) >= 11 is 0. The molecule has 0 radical (unpaired) electrons. The van der Waals surface area contributed by atoms with E-state index in [1.807, 2.05) is 0 Å². The molecule has 7 rings (SSSR count). The van der Waals surface area contributed by atoms with Crippen LogP contribution in [0.2, 0.25) is 0 Å². The van der Waals surface area contributed by atoms with Crippen LogP contribution in [0.3, 0.4) is 0 Å². The van der Waals surface area contributed by atoms with E-state index in [1.165, 1.54) is 24.3 Å². The number of H-pyrrole nitrogens is 2. The molecule has 2 aromatic carbocycles. The summed E-state index contributed by atoms with van der Waals surface area (Å²) in [5.41, 5.74) is 2.30. The number of rotatable bonds is 2.